The topological polar surface area (TPSA) is 51.2 Å². The van der Waals surface area contributed by atoms with E-state index in [2.05, 4.69) is 32.6 Å². The predicted octanol–water partition coefficient (Wildman–Crippen LogP) is 3.59. The molecular weight excluding hydrogens is 368 g/mol. The van der Waals surface area contributed by atoms with Crippen LogP contribution in [0.5, 0.6) is 0 Å². The number of hydrogen-bond acceptors (Lipinski definition) is 5. The van der Waals surface area contributed by atoms with Gasteiger partial charge in [0, 0.05) is 38.8 Å². The molecule has 0 spiro atoms. The highest BCUT2D eigenvalue weighted by molar-refractivity contribution is 5.76. The molecule has 1 amide bonds. The van der Waals surface area contributed by atoms with Crippen LogP contribution in [0.1, 0.15) is 66.2 Å². The summed E-state index contributed by atoms with van der Waals surface area (Å²) in [6.07, 6.45) is 6.84. The molecule has 1 saturated heterocycles. The number of unbranched alkanes of at least 4 members (excludes halogenated alkanes) is 3. The van der Waals surface area contributed by atoms with Gasteiger partial charge in [-0.25, -0.2) is 0 Å². The van der Waals surface area contributed by atoms with Crippen molar-refractivity contribution in [2.75, 3.05) is 65.8 Å². The molecule has 0 atom stereocenters. The van der Waals surface area contributed by atoms with Gasteiger partial charge in [-0.05, 0) is 26.2 Å². The predicted molar refractivity (Wildman–Crippen MR) is 118 cm³/mol. The summed E-state index contributed by atoms with van der Waals surface area (Å²) in [4.78, 5) is 16.6. The quantitative estimate of drug-likeness (QED) is 0.341. The first-order chi connectivity index (χ1) is 14.0. The molecule has 0 unspecified atom stereocenters. The first kappa shape index (κ1) is 26.3. The molecule has 29 heavy (non-hydrogen) atoms. The van der Waals surface area contributed by atoms with Gasteiger partial charge >= 0.3 is 0 Å². The molecule has 0 saturated carbocycles. The van der Waals surface area contributed by atoms with Crippen molar-refractivity contribution < 1.29 is 19.0 Å². The van der Waals surface area contributed by atoms with E-state index in [-0.39, 0.29) is 5.91 Å². The number of nitrogens with zero attached hydrogens (tertiary/aromatic N) is 2. The lowest BCUT2D eigenvalue weighted by Crippen LogP contribution is -2.50. The number of rotatable bonds is 17. The Hall–Kier alpha value is -0.690. The van der Waals surface area contributed by atoms with Crippen LogP contribution in [0, 0.1) is 5.92 Å². The Labute approximate surface area is 179 Å². The number of piperazine rings is 1. The van der Waals surface area contributed by atoms with Crippen LogP contribution < -0.4 is 0 Å². The third kappa shape index (κ3) is 14.0. The van der Waals surface area contributed by atoms with Crippen molar-refractivity contribution in [3.05, 3.63) is 0 Å². The first-order valence-electron chi connectivity index (χ1n) is 11.8. The monoisotopic (exact) mass is 414 g/mol. The molecule has 0 N–H and O–H groups in total. The smallest absolute Gasteiger partial charge is 0.224 e. The SMILES string of the molecule is CC(C)CCCCCCOCCOCCOCCC(=O)N1CCN(C(C)C)CC1. The fourth-order valence-corrected chi connectivity index (χ4v) is 3.46. The van der Waals surface area contributed by atoms with Crippen molar-refractivity contribution in [3.63, 3.8) is 0 Å². The second-order valence-corrected chi connectivity index (χ2v) is 8.69. The number of amides is 1. The molecule has 172 valence electrons. The highest BCUT2D eigenvalue weighted by atomic mass is 16.5. The number of carbonyl (C=O) groups is 1. The van der Waals surface area contributed by atoms with Gasteiger partial charge in [-0.1, -0.05) is 39.5 Å². The summed E-state index contributed by atoms with van der Waals surface area (Å²) in [5, 5.41) is 0. The zero-order valence-electron chi connectivity index (χ0n) is 19.5. The Morgan fingerprint density at radius 2 is 1.28 bits per heavy atom. The standard InChI is InChI=1S/C23H46N2O4/c1-21(2)9-7-5-6-8-15-27-17-19-29-20-18-28-16-10-23(26)25-13-11-24(12-14-25)22(3)4/h21-22H,5-20H2,1-4H3. The summed E-state index contributed by atoms with van der Waals surface area (Å²) in [5.41, 5.74) is 0. The summed E-state index contributed by atoms with van der Waals surface area (Å²) < 4.78 is 16.6. The summed E-state index contributed by atoms with van der Waals surface area (Å²) in [7, 11) is 0. The van der Waals surface area contributed by atoms with Crippen molar-refractivity contribution in [2.45, 2.75) is 72.3 Å². The van der Waals surface area contributed by atoms with Crippen LogP contribution in [0.3, 0.4) is 0 Å². The van der Waals surface area contributed by atoms with Gasteiger partial charge in [0.15, 0.2) is 0 Å². The van der Waals surface area contributed by atoms with Crippen molar-refractivity contribution in [2.24, 2.45) is 5.92 Å². The Morgan fingerprint density at radius 1 is 0.724 bits per heavy atom. The van der Waals surface area contributed by atoms with Crippen molar-refractivity contribution in [3.8, 4) is 0 Å². The molecule has 0 bridgehead atoms. The molecule has 0 aromatic rings. The molecule has 0 radical (unpaired) electrons. The van der Waals surface area contributed by atoms with E-state index in [4.69, 9.17) is 14.2 Å². The van der Waals surface area contributed by atoms with Crippen molar-refractivity contribution >= 4 is 5.91 Å². The summed E-state index contributed by atoms with van der Waals surface area (Å²) in [6, 6.07) is 0.556. The van der Waals surface area contributed by atoms with E-state index in [1.165, 1.54) is 25.7 Å². The minimum Gasteiger partial charge on any atom is -0.379 e. The number of ether oxygens (including phenoxy) is 3. The summed E-state index contributed by atoms with van der Waals surface area (Å²) in [6.45, 7) is 16.2. The lowest BCUT2D eigenvalue weighted by atomic mass is 10.0. The van der Waals surface area contributed by atoms with E-state index in [1.54, 1.807) is 0 Å². The normalized spacial score (nSPS) is 15.6. The highest BCUT2D eigenvalue weighted by Crippen LogP contribution is 2.09. The minimum atomic E-state index is 0.201. The molecule has 1 rings (SSSR count). The number of hydrogen-bond donors (Lipinski definition) is 0. The molecule has 1 aliphatic heterocycles. The van der Waals surface area contributed by atoms with Crippen molar-refractivity contribution in [1.82, 2.24) is 9.80 Å². The largest absolute Gasteiger partial charge is 0.379 e. The van der Waals surface area contributed by atoms with Gasteiger partial charge in [0.2, 0.25) is 5.91 Å². The van der Waals surface area contributed by atoms with E-state index in [1.807, 2.05) is 4.90 Å². The lowest BCUT2D eigenvalue weighted by molar-refractivity contribution is -0.134. The maximum atomic E-state index is 12.2. The van der Waals surface area contributed by atoms with E-state index in [0.29, 0.717) is 45.5 Å². The fraction of sp³-hybridized carbons (Fsp3) is 0.957. The molecule has 1 aliphatic rings. The third-order valence-electron chi connectivity index (χ3n) is 5.42. The fourth-order valence-electron chi connectivity index (χ4n) is 3.46. The summed E-state index contributed by atoms with van der Waals surface area (Å²) >= 11 is 0. The van der Waals surface area contributed by atoms with Gasteiger partial charge in [0.1, 0.15) is 0 Å². The van der Waals surface area contributed by atoms with Crippen LogP contribution in [0.25, 0.3) is 0 Å². The van der Waals surface area contributed by atoms with Gasteiger partial charge in [-0.2, -0.15) is 0 Å². The van der Waals surface area contributed by atoms with Crippen molar-refractivity contribution in [1.29, 1.82) is 0 Å². The maximum Gasteiger partial charge on any atom is 0.224 e. The molecule has 1 fully saturated rings. The Bertz CT molecular complexity index is 396. The molecule has 0 aromatic carbocycles. The third-order valence-corrected chi connectivity index (χ3v) is 5.42. The van der Waals surface area contributed by atoms with E-state index >= 15 is 0 Å². The Balaban J connectivity index is 1.81. The zero-order chi connectivity index (χ0) is 21.3. The zero-order valence-corrected chi connectivity index (χ0v) is 19.5. The van der Waals surface area contributed by atoms with Crippen LogP contribution in [-0.4, -0.2) is 87.6 Å². The Kier molecular flexibility index (Phi) is 15.5. The average molecular weight is 415 g/mol. The molecule has 0 aromatic heterocycles. The van der Waals surface area contributed by atoms with Crippen LogP contribution in [0.4, 0.5) is 0 Å². The second-order valence-electron chi connectivity index (χ2n) is 8.69. The first-order valence-corrected chi connectivity index (χ1v) is 11.8. The second kappa shape index (κ2) is 17.0. The van der Waals surface area contributed by atoms with E-state index in [0.717, 1.165) is 45.1 Å². The molecule has 1 heterocycles. The van der Waals surface area contributed by atoms with E-state index in [9.17, 15) is 4.79 Å². The number of carbonyl (C=O) groups excluding carboxylic acids is 1. The van der Waals surface area contributed by atoms with Crippen LogP contribution in [-0.2, 0) is 19.0 Å². The van der Waals surface area contributed by atoms with Gasteiger partial charge in [0.25, 0.3) is 0 Å². The molecular formula is C23H46N2O4. The lowest BCUT2D eigenvalue weighted by Gasteiger charge is -2.37. The van der Waals surface area contributed by atoms with Crippen LogP contribution in [0.15, 0.2) is 0 Å². The van der Waals surface area contributed by atoms with Gasteiger partial charge in [-0.3, -0.25) is 9.69 Å². The molecule has 0 aliphatic carbocycles. The molecule has 6 heteroatoms. The minimum absolute atomic E-state index is 0.201. The average Bonchev–Trinajstić information content (AvgIpc) is 2.70. The van der Waals surface area contributed by atoms with E-state index < -0.39 is 0 Å². The highest BCUT2D eigenvalue weighted by Gasteiger charge is 2.21. The van der Waals surface area contributed by atoms with Crippen LogP contribution in [0.2, 0.25) is 0 Å². The van der Waals surface area contributed by atoms with Gasteiger partial charge in [0.05, 0.1) is 39.5 Å². The Morgan fingerprint density at radius 3 is 1.86 bits per heavy atom. The summed E-state index contributed by atoms with van der Waals surface area (Å²) in [5.74, 6) is 1.02. The van der Waals surface area contributed by atoms with Crippen LogP contribution >= 0.6 is 0 Å². The van der Waals surface area contributed by atoms with Gasteiger partial charge in [-0.15, -0.1) is 0 Å². The molecule has 6 nitrogen and oxygen atoms in total. The van der Waals surface area contributed by atoms with Gasteiger partial charge < -0.3 is 19.1 Å². The maximum absolute atomic E-state index is 12.2.